The number of nitrogens with two attached hydrogens (primary N) is 1. The Labute approximate surface area is 130 Å². The fourth-order valence-corrected chi connectivity index (χ4v) is 2.54. The van der Waals surface area contributed by atoms with E-state index in [1.807, 2.05) is 4.90 Å². The van der Waals surface area contributed by atoms with Crippen LogP contribution in [0, 0.1) is 5.92 Å². The van der Waals surface area contributed by atoms with E-state index in [0.717, 1.165) is 25.9 Å². The third kappa shape index (κ3) is 4.36. The minimum absolute atomic E-state index is 0. The molecule has 0 aliphatic carbocycles. The summed E-state index contributed by atoms with van der Waals surface area (Å²) in [5.41, 5.74) is 5.98. The molecule has 1 unspecified atom stereocenters. The number of carbonyl (C=O) groups excluding carboxylic acids is 1. The lowest BCUT2D eigenvalue weighted by atomic mass is 9.98. The first kappa shape index (κ1) is 17.3. The summed E-state index contributed by atoms with van der Waals surface area (Å²) < 4.78 is 1.80. The molecule has 1 aromatic rings. The van der Waals surface area contributed by atoms with Crippen LogP contribution >= 0.6 is 24.0 Å². The fraction of sp³-hybridized carbons (Fsp3) is 0.692. The molecule has 1 aliphatic heterocycles. The van der Waals surface area contributed by atoms with Gasteiger partial charge in [0.15, 0.2) is 0 Å². The number of carbonyl (C=O) groups is 1. The van der Waals surface area contributed by atoms with Crippen molar-refractivity contribution in [2.75, 3.05) is 13.1 Å². The van der Waals surface area contributed by atoms with Crippen molar-refractivity contribution >= 4 is 29.9 Å². The number of amides is 1. The average Bonchev–Trinajstić information content (AvgIpc) is 2.81. The highest BCUT2D eigenvalue weighted by Crippen LogP contribution is 2.17. The molecule has 114 valence electrons. The third-order valence-electron chi connectivity index (χ3n) is 3.76. The molecule has 1 fully saturated rings. The van der Waals surface area contributed by atoms with E-state index in [2.05, 4.69) is 11.9 Å². The number of rotatable bonds is 4. The Morgan fingerprint density at radius 2 is 2.20 bits per heavy atom. The lowest BCUT2D eigenvalue weighted by Gasteiger charge is -2.32. The highest BCUT2D eigenvalue weighted by molar-refractivity contribution is 6.28. The predicted octanol–water partition coefficient (Wildman–Crippen LogP) is 1.93. The number of hydrogen-bond acceptors (Lipinski definition) is 3. The highest BCUT2D eigenvalue weighted by atomic mass is 35.5. The van der Waals surface area contributed by atoms with Crippen molar-refractivity contribution in [3.05, 3.63) is 17.7 Å². The van der Waals surface area contributed by atoms with Crippen LogP contribution in [0.3, 0.4) is 0 Å². The van der Waals surface area contributed by atoms with Crippen LogP contribution in [0.1, 0.15) is 26.2 Å². The van der Waals surface area contributed by atoms with Gasteiger partial charge in [0.25, 0.3) is 0 Å². The zero-order chi connectivity index (χ0) is 13.8. The number of imidazole rings is 1. The molecule has 1 atom stereocenters. The Hall–Kier alpha value is -0.780. The van der Waals surface area contributed by atoms with Crippen LogP contribution in [0.5, 0.6) is 0 Å². The smallest absolute Gasteiger partial charge is 0.239 e. The molecular formula is C13H22Cl2N4O. The van der Waals surface area contributed by atoms with Crippen LogP contribution in [-0.2, 0) is 11.3 Å². The SMILES string of the molecule is CC1CCN(C(=O)C(N)CCn2ccnc2Cl)CC1.Cl. The van der Waals surface area contributed by atoms with Crippen LogP contribution in [0.25, 0.3) is 0 Å². The summed E-state index contributed by atoms with van der Waals surface area (Å²) in [6.45, 7) is 4.51. The molecule has 0 saturated carbocycles. The van der Waals surface area contributed by atoms with Gasteiger partial charge in [-0.25, -0.2) is 4.98 Å². The van der Waals surface area contributed by atoms with Gasteiger partial charge in [0.1, 0.15) is 0 Å². The van der Waals surface area contributed by atoms with Crippen molar-refractivity contribution in [3.8, 4) is 0 Å². The summed E-state index contributed by atoms with van der Waals surface area (Å²) >= 11 is 5.88. The molecule has 1 aromatic heterocycles. The van der Waals surface area contributed by atoms with Crippen molar-refractivity contribution in [2.45, 2.75) is 38.8 Å². The molecule has 1 aliphatic rings. The summed E-state index contributed by atoms with van der Waals surface area (Å²) in [5.74, 6) is 0.771. The van der Waals surface area contributed by atoms with E-state index in [0.29, 0.717) is 24.2 Å². The van der Waals surface area contributed by atoms with Gasteiger partial charge in [-0.1, -0.05) is 6.92 Å². The molecule has 0 radical (unpaired) electrons. The Morgan fingerprint density at radius 1 is 1.55 bits per heavy atom. The Bertz CT molecular complexity index is 430. The third-order valence-corrected chi connectivity index (χ3v) is 4.07. The monoisotopic (exact) mass is 320 g/mol. The lowest BCUT2D eigenvalue weighted by molar-refractivity contribution is -0.134. The molecule has 7 heteroatoms. The zero-order valence-corrected chi connectivity index (χ0v) is 13.2. The standard InChI is InChI=1S/C13H21ClN4O.ClH/c1-10-2-6-17(7-3-10)12(19)11(15)4-8-18-9-5-16-13(18)14;/h5,9-11H,2-4,6-8,15H2,1H3;1H. The van der Waals surface area contributed by atoms with Crippen LogP contribution in [0.2, 0.25) is 5.28 Å². The summed E-state index contributed by atoms with van der Waals surface area (Å²) in [4.78, 5) is 18.0. The second-order valence-electron chi connectivity index (χ2n) is 5.29. The fourth-order valence-electron chi connectivity index (χ4n) is 2.34. The second-order valence-corrected chi connectivity index (χ2v) is 5.63. The van der Waals surface area contributed by atoms with Crippen molar-refractivity contribution in [2.24, 2.45) is 11.7 Å². The quantitative estimate of drug-likeness (QED) is 0.922. The van der Waals surface area contributed by atoms with Gasteiger partial charge in [-0.05, 0) is 36.8 Å². The molecular weight excluding hydrogens is 299 g/mol. The average molecular weight is 321 g/mol. The maximum Gasteiger partial charge on any atom is 0.239 e. The van der Waals surface area contributed by atoms with Crippen LogP contribution in [0.15, 0.2) is 12.4 Å². The van der Waals surface area contributed by atoms with Crippen molar-refractivity contribution in [1.29, 1.82) is 0 Å². The molecule has 2 rings (SSSR count). The van der Waals surface area contributed by atoms with Gasteiger partial charge >= 0.3 is 0 Å². The molecule has 1 amide bonds. The Balaban J connectivity index is 0.00000200. The Kier molecular flexibility index (Phi) is 6.79. The van der Waals surface area contributed by atoms with E-state index in [1.165, 1.54) is 0 Å². The molecule has 2 N–H and O–H groups in total. The van der Waals surface area contributed by atoms with Crippen molar-refractivity contribution < 1.29 is 4.79 Å². The summed E-state index contributed by atoms with van der Waals surface area (Å²) in [7, 11) is 0. The number of aryl methyl sites for hydroxylation is 1. The van der Waals surface area contributed by atoms with Crippen molar-refractivity contribution in [3.63, 3.8) is 0 Å². The van der Waals surface area contributed by atoms with Gasteiger partial charge in [0, 0.05) is 32.0 Å². The van der Waals surface area contributed by atoms with Gasteiger partial charge in [0.2, 0.25) is 11.2 Å². The predicted molar refractivity (Wildman–Crippen MR) is 82.1 cm³/mol. The maximum atomic E-state index is 12.2. The summed E-state index contributed by atoms with van der Waals surface area (Å²) in [6.07, 6.45) is 6.17. The van der Waals surface area contributed by atoms with Gasteiger partial charge < -0.3 is 15.2 Å². The first-order valence-corrected chi connectivity index (χ1v) is 7.16. The van der Waals surface area contributed by atoms with E-state index in [1.54, 1.807) is 17.0 Å². The number of nitrogens with zero attached hydrogens (tertiary/aromatic N) is 3. The van der Waals surface area contributed by atoms with Gasteiger partial charge in [-0.15, -0.1) is 12.4 Å². The summed E-state index contributed by atoms with van der Waals surface area (Å²) in [5, 5.41) is 0.437. The molecule has 2 heterocycles. The van der Waals surface area contributed by atoms with E-state index in [4.69, 9.17) is 17.3 Å². The Morgan fingerprint density at radius 3 is 2.75 bits per heavy atom. The van der Waals surface area contributed by atoms with E-state index < -0.39 is 6.04 Å². The largest absolute Gasteiger partial charge is 0.341 e. The number of aromatic nitrogens is 2. The molecule has 1 saturated heterocycles. The number of piperidine rings is 1. The molecule has 0 aromatic carbocycles. The number of hydrogen-bond donors (Lipinski definition) is 1. The second kappa shape index (κ2) is 7.86. The van der Waals surface area contributed by atoms with E-state index in [9.17, 15) is 4.79 Å². The molecule has 0 bridgehead atoms. The molecule has 5 nitrogen and oxygen atoms in total. The first-order chi connectivity index (χ1) is 9.08. The van der Waals surface area contributed by atoms with Crippen molar-refractivity contribution in [1.82, 2.24) is 14.5 Å². The lowest BCUT2D eigenvalue weighted by Crippen LogP contribution is -2.47. The highest BCUT2D eigenvalue weighted by Gasteiger charge is 2.24. The minimum Gasteiger partial charge on any atom is -0.341 e. The van der Waals surface area contributed by atoms with Crippen LogP contribution < -0.4 is 5.73 Å². The van der Waals surface area contributed by atoms with Crippen LogP contribution in [0.4, 0.5) is 0 Å². The first-order valence-electron chi connectivity index (χ1n) is 6.79. The zero-order valence-electron chi connectivity index (χ0n) is 11.7. The topological polar surface area (TPSA) is 64.2 Å². The summed E-state index contributed by atoms with van der Waals surface area (Å²) in [6, 6.07) is -0.452. The molecule has 20 heavy (non-hydrogen) atoms. The van der Waals surface area contributed by atoms with Gasteiger partial charge in [-0.3, -0.25) is 4.79 Å². The maximum absolute atomic E-state index is 12.2. The minimum atomic E-state index is -0.452. The van der Waals surface area contributed by atoms with Gasteiger partial charge in [0.05, 0.1) is 6.04 Å². The number of halogens is 2. The normalized spacial score (nSPS) is 17.6. The van der Waals surface area contributed by atoms with Crippen LogP contribution in [-0.4, -0.2) is 39.5 Å². The van der Waals surface area contributed by atoms with E-state index >= 15 is 0 Å². The van der Waals surface area contributed by atoms with E-state index in [-0.39, 0.29) is 18.3 Å². The van der Waals surface area contributed by atoms with Gasteiger partial charge in [-0.2, -0.15) is 0 Å². The number of likely N-dealkylation sites (tertiary alicyclic amines) is 1. The molecule has 0 spiro atoms.